The molecule has 2 aliphatic heterocycles. The highest BCUT2D eigenvalue weighted by Crippen LogP contribution is 2.33. The van der Waals surface area contributed by atoms with Crippen molar-refractivity contribution in [3.63, 3.8) is 0 Å². The Labute approximate surface area is 71.5 Å². The predicted molar refractivity (Wildman–Crippen MR) is 44.1 cm³/mol. The Morgan fingerprint density at radius 1 is 1.50 bits per heavy atom. The lowest BCUT2D eigenvalue weighted by Gasteiger charge is -2.48. The first-order valence-electron chi connectivity index (χ1n) is 4.41. The topological polar surface area (TPSA) is 52.6 Å². The minimum Gasteiger partial charge on any atom is -0.465 e. The van der Waals surface area contributed by atoms with E-state index in [2.05, 4.69) is 5.32 Å². The van der Waals surface area contributed by atoms with E-state index in [0.29, 0.717) is 0 Å². The van der Waals surface area contributed by atoms with Gasteiger partial charge in [-0.25, -0.2) is 4.79 Å². The van der Waals surface area contributed by atoms with Crippen LogP contribution in [0.15, 0.2) is 0 Å². The van der Waals surface area contributed by atoms with Crippen LogP contribution in [0.5, 0.6) is 0 Å². The van der Waals surface area contributed by atoms with Crippen molar-refractivity contribution in [3.05, 3.63) is 0 Å². The minimum absolute atomic E-state index is 0.288. The smallest absolute Gasteiger partial charge is 0.407 e. The van der Waals surface area contributed by atoms with Crippen molar-refractivity contribution in [2.45, 2.75) is 12.8 Å². The third kappa shape index (κ3) is 1.16. The van der Waals surface area contributed by atoms with E-state index in [0.717, 1.165) is 32.6 Å². The van der Waals surface area contributed by atoms with Gasteiger partial charge in [-0.15, -0.1) is 0 Å². The normalized spacial score (nSPS) is 26.8. The molecule has 2 rings (SSSR count). The van der Waals surface area contributed by atoms with Crippen molar-refractivity contribution in [1.82, 2.24) is 10.2 Å². The molecule has 0 atom stereocenters. The predicted octanol–water partition coefficient (Wildman–Crippen LogP) is 0.350. The van der Waals surface area contributed by atoms with Crippen LogP contribution < -0.4 is 5.32 Å². The number of hydrogen-bond acceptors (Lipinski definition) is 2. The van der Waals surface area contributed by atoms with Gasteiger partial charge < -0.3 is 15.3 Å². The van der Waals surface area contributed by atoms with Crippen molar-refractivity contribution in [2.75, 3.05) is 26.2 Å². The average molecular weight is 170 g/mol. The molecule has 2 N–H and O–H groups in total. The fourth-order valence-corrected chi connectivity index (χ4v) is 2.14. The van der Waals surface area contributed by atoms with Crippen molar-refractivity contribution in [2.24, 2.45) is 5.41 Å². The molecule has 0 aliphatic carbocycles. The molecule has 2 fully saturated rings. The summed E-state index contributed by atoms with van der Waals surface area (Å²) < 4.78 is 0. The van der Waals surface area contributed by atoms with E-state index >= 15 is 0 Å². The van der Waals surface area contributed by atoms with Gasteiger partial charge in [-0.3, -0.25) is 0 Å². The fraction of sp³-hybridized carbons (Fsp3) is 0.875. The zero-order chi connectivity index (χ0) is 8.60. The molecule has 2 aliphatic rings. The molecule has 0 unspecified atom stereocenters. The third-order valence-electron chi connectivity index (χ3n) is 2.93. The first-order chi connectivity index (χ1) is 5.72. The molecule has 4 nitrogen and oxygen atoms in total. The molecule has 1 spiro atoms. The SMILES string of the molecule is O=C(O)N1CCCC2(CNC2)C1. The molecule has 0 saturated carbocycles. The molecule has 2 saturated heterocycles. The monoisotopic (exact) mass is 170 g/mol. The van der Waals surface area contributed by atoms with Gasteiger partial charge in [0, 0.05) is 31.6 Å². The summed E-state index contributed by atoms with van der Waals surface area (Å²) in [5.41, 5.74) is 0.288. The van der Waals surface area contributed by atoms with E-state index in [4.69, 9.17) is 5.11 Å². The lowest BCUT2D eigenvalue weighted by Crippen LogP contribution is -2.61. The lowest BCUT2D eigenvalue weighted by atomic mass is 9.75. The van der Waals surface area contributed by atoms with Crippen LogP contribution >= 0.6 is 0 Å². The van der Waals surface area contributed by atoms with Gasteiger partial charge in [-0.1, -0.05) is 0 Å². The number of amides is 1. The molecule has 2 heterocycles. The number of hydrogen-bond donors (Lipinski definition) is 2. The van der Waals surface area contributed by atoms with Crippen LogP contribution in [0.4, 0.5) is 4.79 Å². The van der Waals surface area contributed by atoms with Crippen molar-refractivity contribution in [3.8, 4) is 0 Å². The molecule has 4 heteroatoms. The van der Waals surface area contributed by atoms with Gasteiger partial charge in [0.15, 0.2) is 0 Å². The molecule has 1 amide bonds. The zero-order valence-corrected chi connectivity index (χ0v) is 7.05. The summed E-state index contributed by atoms with van der Waals surface area (Å²) in [5.74, 6) is 0. The van der Waals surface area contributed by atoms with Gasteiger partial charge in [0.25, 0.3) is 0 Å². The number of piperidine rings is 1. The van der Waals surface area contributed by atoms with Gasteiger partial charge >= 0.3 is 6.09 Å². The van der Waals surface area contributed by atoms with E-state index in [1.54, 1.807) is 4.90 Å². The Bertz CT molecular complexity index is 201. The molecule has 0 aromatic carbocycles. The Morgan fingerprint density at radius 3 is 2.75 bits per heavy atom. The molecular formula is C8H14N2O2. The number of nitrogens with one attached hydrogen (secondary N) is 1. The quantitative estimate of drug-likeness (QED) is 0.551. The number of carbonyl (C=O) groups is 1. The van der Waals surface area contributed by atoms with Crippen LogP contribution in [0.2, 0.25) is 0 Å². The zero-order valence-electron chi connectivity index (χ0n) is 7.05. The number of nitrogens with zero attached hydrogens (tertiary/aromatic N) is 1. The highest BCUT2D eigenvalue weighted by atomic mass is 16.4. The van der Waals surface area contributed by atoms with E-state index in [1.807, 2.05) is 0 Å². The molecule has 0 bridgehead atoms. The molecule has 0 aromatic heterocycles. The lowest BCUT2D eigenvalue weighted by molar-refractivity contribution is 0.0426. The second kappa shape index (κ2) is 2.62. The molecule has 12 heavy (non-hydrogen) atoms. The Balaban J connectivity index is 1.98. The maximum absolute atomic E-state index is 10.7. The van der Waals surface area contributed by atoms with E-state index in [-0.39, 0.29) is 5.41 Å². The average Bonchev–Trinajstić information content (AvgIpc) is 2.02. The molecule has 0 radical (unpaired) electrons. The summed E-state index contributed by atoms with van der Waals surface area (Å²) in [6, 6.07) is 0. The van der Waals surface area contributed by atoms with Gasteiger partial charge in [-0.2, -0.15) is 0 Å². The number of rotatable bonds is 0. The van der Waals surface area contributed by atoms with Crippen LogP contribution in [0.25, 0.3) is 0 Å². The summed E-state index contributed by atoms with van der Waals surface area (Å²) in [5, 5.41) is 12.0. The van der Waals surface area contributed by atoms with Gasteiger partial charge in [-0.05, 0) is 12.8 Å². The number of likely N-dealkylation sites (tertiary alicyclic amines) is 1. The van der Waals surface area contributed by atoms with Crippen molar-refractivity contribution in [1.29, 1.82) is 0 Å². The van der Waals surface area contributed by atoms with E-state index in [9.17, 15) is 4.79 Å². The van der Waals surface area contributed by atoms with Crippen LogP contribution in [0.3, 0.4) is 0 Å². The first-order valence-corrected chi connectivity index (χ1v) is 4.41. The minimum atomic E-state index is -0.763. The maximum Gasteiger partial charge on any atom is 0.407 e. The third-order valence-corrected chi connectivity index (χ3v) is 2.93. The summed E-state index contributed by atoms with van der Waals surface area (Å²) in [7, 11) is 0. The first kappa shape index (κ1) is 7.86. The van der Waals surface area contributed by atoms with Crippen LogP contribution in [0, 0.1) is 5.41 Å². The molecule has 0 aromatic rings. The van der Waals surface area contributed by atoms with Crippen LogP contribution in [0.1, 0.15) is 12.8 Å². The second-order valence-corrected chi connectivity index (χ2v) is 3.91. The van der Waals surface area contributed by atoms with Gasteiger partial charge in [0.1, 0.15) is 0 Å². The summed E-state index contributed by atoms with van der Waals surface area (Å²) in [6.07, 6.45) is 1.44. The molecule has 68 valence electrons. The Morgan fingerprint density at radius 2 is 2.25 bits per heavy atom. The second-order valence-electron chi connectivity index (χ2n) is 3.91. The van der Waals surface area contributed by atoms with Crippen LogP contribution in [-0.4, -0.2) is 42.3 Å². The summed E-state index contributed by atoms with van der Waals surface area (Å²) in [6.45, 7) is 3.44. The van der Waals surface area contributed by atoms with Crippen LogP contribution in [-0.2, 0) is 0 Å². The summed E-state index contributed by atoms with van der Waals surface area (Å²) >= 11 is 0. The maximum atomic E-state index is 10.7. The Kier molecular flexibility index (Phi) is 1.72. The summed E-state index contributed by atoms with van der Waals surface area (Å²) in [4.78, 5) is 12.2. The van der Waals surface area contributed by atoms with E-state index in [1.165, 1.54) is 6.42 Å². The molecular weight excluding hydrogens is 156 g/mol. The van der Waals surface area contributed by atoms with Gasteiger partial charge in [0.2, 0.25) is 0 Å². The number of carboxylic acid groups (broad SMARTS) is 1. The standard InChI is InChI=1S/C8H14N2O2/c11-7(12)10-3-1-2-8(6-10)4-9-5-8/h9H,1-6H2,(H,11,12). The van der Waals surface area contributed by atoms with Crippen molar-refractivity contribution >= 4 is 6.09 Å². The van der Waals surface area contributed by atoms with E-state index < -0.39 is 6.09 Å². The largest absolute Gasteiger partial charge is 0.465 e. The Hall–Kier alpha value is -0.770. The van der Waals surface area contributed by atoms with Gasteiger partial charge in [0.05, 0.1) is 0 Å². The highest BCUT2D eigenvalue weighted by Gasteiger charge is 2.41. The fourth-order valence-electron chi connectivity index (χ4n) is 2.14. The van der Waals surface area contributed by atoms with Crippen molar-refractivity contribution < 1.29 is 9.90 Å². The highest BCUT2D eigenvalue weighted by molar-refractivity contribution is 5.65.